The number of rotatable bonds is 6. The molecular weight excluding hydrogens is 324 g/mol. The van der Waals surface area contributed by atoms with Crippen LogP contribution in [0.3, 0.4) is 0 Å². The van der Waals surface area contributed by atoms with E-state index in [9.17, 15) is 4.79 Å². The summed E-state index contributed by atoms with van der Waals surface area (Å²) in [4.78, 5) is 17.7. The molecule has 25 heavy (non-hydrogen) atoms. The van der Waals surface area contributed by atoms with Gasteiger partial charge in [-0.05, 0) is 25.0 Å². The van der Waals surface area contributed by atoms with Gasteiger partial charge in [0.25, 0.3) is 5.91 Å². The van der Waals surface area contributed by atoms with Crippen LogP contribution in [0, 0.1) is 0 Å². The molecule has 1 fully saturated rings. The van der Waals surface area contributed by atoms with Gasteiger partial charge < -0.3 is 24.4 Å². The van der Waals surface area contributed by atoms with Gasteiger partial charge in [0.15, 0.2) is 11.5 Å². The number of hydrogen-bond donors (Lipinski definition) is 1. The van der Waals surface area contributed by atoms with Gasteiger partial charge in [-0.15, -0.1) is 0 Å². The molecule has 1 aromatic carbocycles. The largest absolute Gasteiger partial charge is 0.493 e. The van der Waals surface area contributed by atoms with Crippen molar-refractivity contribution in [1.29, 1.82) is 0 Å². The maximum absolute atomic E-state index is 12.3. The molecule has 0 saturated heterocycles. The van der Waals surface area contributed by atoms with E-state index < -0.39 is 6.10 Å². The van der Waals surface area contributed by atoms with Crippen molar-refractivity contribution in [3.8, 4) is 17.2 Å². The van der Waals surface area contributed by atoms with Gasteiger partial charge in [0.2, 0.25) is 11.9 Å². The third-order valence-corrected chi connectivity index (χ3v) is 4.66. The van der Waals surface area contributed by atoms with E-state index in [-0.39, 0.29) is 11.9 Å². The van der Waals surface area contributed by atoms with Crippen LogP contribution in [0.15, 0.2) is 17.3 Å². The van der Waals surface area contributed by atoms with Crippen LogP contribution in [-0.4, -0.2) is 45.1 Å². The minimum atomic E-state index is -0.588. The number of nitrogens with one attached hydrogen (secondary N) is 1. The van der Waals surface area contributed by atoms with Gasteiger partial charge in [-0.25, -0.2) is 0 Å². The number of ether oxygens (including phenoxy) is 3. The van der Waals surface area contributed by atoms with E-state index in [0.717, 1.165) is 18.4 Å². The van der Waals surface area contributed by atoms with Crippen LogP contribution in [0.5, 0.6) is 17.2 Å². The first kappa shape index (κ1) is 17.4. The summed E-state index contributed by atoms with van der Waals surface area (Å²) in [5.74, 6) is 1.50. The van der Waals surface area contributed by atoms with Crippen molar-refractivity contribution in [3.63, 3.8) is 0 Å². The maximum Gasteiger partial charge on any atom is 0.264 e. The summed E-state index contributed by atoms with van der Waals surface area (Å²) in [7, 11) is 4.68. The molecule has 0 radical (unpaired) electrons. The molecule has 1 aliphatic carbocycles. The Labute approximate surface area is 147 Å². The Kier molecular flexibility index (Phi) is 5.31. The summed E-state index contributed by atoms with van der Waals surface area (Å²) in [5, 5.41) is 7.14. The molecule has 7 heteroatoms. The zero-order chi connectivity index (χ0) is 17.8. The average Bonchev–Trinajstić information content (AvgIpc) is 3.32. The number of benzene rings is 1. The minimum Gasteiger partial charge on any atom is -0.493 e. The monoisotopic (exact) mass is 348 g/mol. The molecular formula is C18H24N2O5. The highest BCUT2D eigenvalue weighted by Crippen LogP contribution is 2.39. The highest BCUT2D eigenvalue weighted by molar-refractivity contribution is 6.04. The number of amides is 1. The molecule has 1 atom stereocenters. The van der Waals surface area contributed by atoms with E-state index in [1.165, 1.54) is 12.8 Å². The van der Waals surface area contributed by atoms with E-state index in [0.29, 0.717) is 29.4 Å². The lowest BCUT2D eigenvalue weighted by Gasteiger charge is -2.15. The Balaban J connectivity index is 1.71. The fraction of sp³-hybridized carbons (Fsp3) is 0.556. The van der Waals surface area contributed by atoms with Crippen molar-refractivity contribution in [2.75, 3.05) is 21.3 Å². The van der Waals surface area contributed by atoms with Gasteiger partial charge in [-0.3, -0.25) is 4.79 Å². The van der Waals surface area contributed by atoms with Gasteiger partial charge >= 0.3 is 0 Å². The molecule has 7 nitrogen and oxygen atoms in total. The Morgan fingerprint density at radius 3 is 2.32 bits per heavy atom. The highest BCUT2D eigenvalue weighted by Gasteiger charge is 2.31. The minimum absolute atomic E-state index is 0.0990. The number of methoxy groups -OCH3 is 3. The van der Waals surface area contributed by atoms with Crippen LogP contribution in [0.1, 0.15) is 37.7 Å². The molecule has 2 aliphatic rings. The molecule has 0 aromatic heterocycles. The third-order valence-electron chi connectivity index (χ3n) is 4.66. The zero-order valence-electron chi connectivity index (χ0n) is 14.8. The van der Waals surface area contributed by atoms with Crippen molar-refractivity contribution < 1.29 is 23.8 Å². The Hall–Kier alpha value is -2.44. The number of carbonyl (C=O) groups excluding carboxylic acids is 1. The molecule has 0 spiro atoms. The molecule has 1 N–H and O–H groups in total. The van der Waals surface area contributed by atoms with Crippen LogP contribution >= 0.6 is 0 Å². The summed E-state index contributed by atoms with van der Waals surface area (Å²) in [6.07, 6.45) is 4.25. The summed E-state index contributed by atoms with van der Waals surface area (Å²) in [6.45, 7) is 0. The van der Waals surface area contributed by atoms with Crippen LogP contribution in [-0.2, 0) is 9.63 Å². The van der Waals surface area contributed by atoms with Gasteiger partial charge in [0, 0.05) is 18.0 Å². The van der Waals surface area contributed by atoms with Crippen molar-refractivity contribution in [2.45, 2.75) is 44.2 Å². The smallest absolute Gasteiger partial charge is 0.264 e. The van der Waals surface area contributed by atoms with Crippen molar-refractivity contribution >= 4 is 11.6 Å². The Morgan fingerprint density at radius 2 is 1.76 bits per heavy atom. The summed E-state index contributed by atoms with van der Waals surface area (Å²) >= 11 is 0. The van der Waals surface area contributed by atoms with Crippen LogP contribution < -0.4 is 19.5 Å². The summed E-state index contributed by atoms with van der Waals surface area (Å²) in [6, 6.07) is 3.88. The van der Waals surface area contributed by atoms with Crippen molar-refractivity contribution in [3.05, 3.63) is 17.7 Å². The Bertz CT molecular complexity index is 642. The van der Waals surface area contributed by atoms with Gasteiger partial charge in [0.1, 0.15) is 0 Å². The summed E-state index contributed by atoms with van der Waals surface area (Å²) in [5.41, 5.74) is 1.47. The second kappa shape index (κ2) is 7.63. The number of nitrogens with zero attached hydrogens (tertiary/aromatic N) is 1. The van der Waals surface area contributed by atoms with E-state index >= 15 is 0 Å². The topological polar surface area (TPSA) is 78.4 Å². The molecule has 3 rings (SSSR count). The van der Waals surface area contributed by atoms with Crippen molar-refractivity contribution in [2.24, 2.45) is 5.16 Å². The van der Waals surface area contributed by atoms with Crippen LogP contribution in [0.2, 0.25) is 0 Å². The lowest BCUT2D eigenvalue weighted by atomic mass is 10.0. The second-order valence-corrected chi connectivity index (χ2v) is 6.24. The molecule has 1 saturated carbocycles. The third kappa shape index (κ3) is 3.65. The van der Waals surface area contributed by atoms with Gasteiger partial charge in [-0.2, -0.15) is 0 Å². The summed E-state index contributed by atoms with van der Waals surface area (Å²) < 4.78 is 16.0. The molecule has 136 valence electrons. The Morgan fingerprint density at radius 1 is 1.12 bits per heavy atom. The number of carbonyl (C=O) groups is 1. The zero-order valence-corrected chi connectivity index (χ0v) is 14.8. The lowest BCUT2D eigenvalue weighted by molar-refractivity contribution is -0.131. The molecule has 1 heterocycles. The van der Waals surface area contributed by atoms with E-state index in [4.69, 9.17) is 19.0 Å². The number of oxime groups is 1. The molecule has 1 aliphatic heterocycles. The van der Waals surface area contributed by atoms with E-state index in [1.807, 2.05) is 0 Å². The first-order valence-corrected chi connectivity index (χ1v) is 8.49. The second-order valence-electron chi connectivity index (χ2n) is 6.24. The van der Waals surface area contributed by atoms with Gasteiger partial charge in [0.05, 0.1) is 27.0 Å². The van der Waals surface area contributed by atoms with E-state index in [1.54, 1.807) is 33.5 Å². The fourth-order valence-corrected chi connectivity index (χ4v) is 3.30. The first-order valence-electron chi connectivity index (χ1n) is 8.49. The first-order chi connectivity index (χ1) is 12.2. The van der Waals surface area contributed by atoms with Gasteiger partial charge in [-0.1, -0.05) is 18.0 Å². The number of hydrogen-bond acceptors (Lipinski definition) is 6. The predicted molar refractivity (Wildman–Crippen MR) is 92.5 cm³/mol. The quantitative estimate of drug-likeness (QED) is 0.853. The molecule has 1 unspecified atom stereocenters. The molecule has 1 aromatic rings. The highest BCUT2D eigenvalue weighted by atomic mass is 16.6. The van der Waals surface area contributed by atoms with E-state index in [2.05, 4.69) is 10.5 Å². The average molecular weight is 348 g/mol. The van der Waals surface area contributed by atoms with Crippen LogP contribution in [0.4, 0.5) is 0 Å². The normalized spacial score (nSPS) is 20.0. The molecule has 1 amide bonds. The van der Waals surface area contributed by atoms with Crippen molar-refractivity contribution in [1.82, 2.24) is 5.32 Å². The fourth-order valence-electron chi connectivity index (χ4n) is 3.30. The van der Waals surface area contributed by atoms with Crippen LogP contribution in [0.25, 0.3) is 0 Å². The lowest BCUT2D eigenvalue weighted by Crippen LogP contribution is -2.40. The standard InChI is InChI=1S/C18H24N2O5/c1-22-14-8-11(9-15(23-2)17(14)24-3)13-10-16(25-20-13)18(21)19-12-6-4-5-7-12/h8-9,12,16H,4-7,10H2,1-3H3,(H,19,21). The predicted octanol–water partition coefficient (Wildman–Crippen LogP) is 2.26. The maximum atomic E-state index is 12.3. The molecule has 0 bridgehead atoms. The SMILES string of the molecule is COc1cc(C2=NOC(C(=O)NC3CCCC3)C2)cc(OC)c1OC.